The molecule has 3 aromatic rings. The number of benzene rings is 2. The first-order chi connectivity index (χ1) is 12.7. The van der Waals surface area contributed by atoms with Gasteiger partial charge >= 0.3 is 0 Å². The highest BCUT2D eigenvalue weighted by Gasteiger charge is 2.05. The number of nitrogens with one attached hydrogen (secondary N) is 3. The molecule has 0 radical (unpaired) electrons. The molecule has 1 aromatic heterocycles. The summed E-state index contributed by atoms with van der Waals surface area (Å²) in [5.41, 5.74) is 2.16. The van der Waals surface area contributed by atoms with E-state index in [9.17, 15) is 8.78 Å². The molecule has 26 heavy (non-hydrogen) atoms. The number of para-hydroxylation sites is 2. The zero-order valence-electron chi connectivity index (χ0n) is 14.5. The van der Waals surface area contributed by atoms with Gasteiger partial charge in [-0.05, 0) is 37.3 Å². The predicted octanol–water partition coefficient (Wildman–Crippen LogP) is 3.14. The van der Waals surface area contributed by atoms with E-state index in [2.05, 4.69) is 25.6 Å². The standard InChI is InChI=1S/C19H21F2N5/c1-2-22-19(24-12-13-11-14(20)7-8-15(13)21)23-10-9-18-25-16-5-3-4-6-17(16)26-18/h3-8,11H,2,9-10,12H2,1H3,(H,25,26)(H2,22,23,24). The molecule has 0 unspecified atom stereocenters. The summed E-state index contributed by atoms with van der Waals surface area (Å²) in [4.78, 5) is 12.1. The summed E-state index contributed by atoms with van der Waals surface area (Å²) in [6.45, 7) is 3.28. The van der Waals surface area contributed by atoms with E-state index >= 15 is 0 Å². The first-order valence-corrected chi connectivity index (χ1v) is 8.55. The second kappa shape index (κ2) is 8.42. The van der Waals surface area contributed by atoms with Gasteiger partial charge in [0, 0.05) is 25.1 Å². The molecule has 136 valence electrons. The first kappa shape index (κ1) is 17.8. The molecule has 0 fully saturated rings. The van der Waals surface area contributed by atoms with Gasteiger partial charge in [-0.3, -0.25) is 0 Å². The molecule has 0 bridgehead atoms. The van der Waals surface area contributed by atoms with Crippen LogP contribution in [0.15, 0.2) is 47.5 Å². The fourth-order valence-corrected chi connectivity index (χ4v) is 2.59. The van der Waals surface area contributed by atoms with E-state index < -0.39 is 11.6 Å². The second-order valence-corrected chi connectivity index (χ2v) is 5.81. The van der Waals surface area contributed by atoms with Crippen molar-refractivity contribution in [3.8, 4) is 0 Å². The molecule has 0 saturated carbocycles. The molecule has 3 rings (SSSR count). The summed E-state index contributed by atoms with van der Waals surface area (Å²) < 4.78 is 26.9. The number of guanidine groups is 1. The van der Waals surface area contributed by atoms with Crippen LogP contribution in [0, 0.1) is 11.6 Å². The van der Waals surface area contributed by atoms with Crippen molar-refractivity contribution in [3.05, 3.63) is 65.5 Å². The molecule has 0 aliphatic rings. The number of fused-ring (bicyclic) bond motifs is 1. The SMILES string of the molecule is CCNC(=NCc1cc(F)ccc1F)NCCc1nc2ccccc2[nH]1. The van der Waals surface area contributed by atoms with Gasteiger partial charge < -0.3 is 15.6 Å². The van der Waals surface area contributed by atoms with E-state index in [0.717, 1.165) is 35.1 Å². The molecular formula is C19H21F2N5. The molecule has 0 aliphatic carbocycles. The molecule has 3 N–H and O–H groups in total. The summed E-state index contributed by atoms with van der Waals surface area (Å²) >= 11 is 0. The van der Waals surface area contributed by atoms with Crippen LogP contribution in [-0.2, 0) is 13.0 Å². The lowest BCUT2D eigenvalue weighted by Gasteiger charge is -2.11. The van der Waals surface area contributed by atoms with Crippen molar-refractivity contribution < 1.29 is 8.78 Å². The summed E-state index contributed by atoms with van der Waals surface area (Å²) in [7, 11) is 0. The largest absolute Gasteiger partial charge is 0.357 e. The van der Waals surface area contributed by atoms with Crippen LogP contribution in [0.2, 0.25) is 0 Å². The van der Waals surface area contributed by atoms with Gasteiger partial charge in [0.1, 0.15) is 17.5 Å². The van der Waals surface area contributed by atoms with Crippen LogP contribution in [0.1, 0.15) is 18.3 Å². The van der Waals surface area contributed by atoms with Gasteiger partial charge in [-0.1, -0.05) is 12.1 Å². The highest BCUT2D eigenvalue weighted by Crippen LogP contribution is 2.11. The predicted molar refractivity (Wildman–Crippen MR) is 99.0 cm³/mol. The van der Waals surface area contributed by atoms with Crippen molar-refractivity contribution in [2.24, 2.45) is 4.99 Å². The van der Waals surface area contributed by atoms with Crippen LogP contribution in [0.4, 0.5) is 8.78 Å². The van der Waals surface area contributed by atoms with Crippen molar-refractivity contribution in [2.75, 3.05) is 13.1 Å². The summed E-state index contributed by atoms with van der Waals surface area (Å²) in [6.07, 6.45) is 0.688. The van der Waals surface area contributed by atoms with Gasteiger partial charge in [-0.2, -0.15) is 0 Å². The van der Waals surface area contributed by atoms with Crippen molar-refractivity contribution in [2.45, 2.75) is 19.9 Å². The number of H-pyrrole nitrogens is 1. The molecule has 0 aliphatic heterocycles. The van der Waals surface area contributed by atoms with Crippen LogP contribution in [0.25, 0.3) is 11.0 Å². The van der Waals surface area contributed by atoms with Crippen LogP contribution in [-0.4, -0.2) is 29.0 Å². The number of imidazole rings is 1. The number of aliphatic imine (C=N–C) groups is 1. The van der Waals surface area contributed by atoms with Crippen molar-refractivity contribution in [1.82, 2.24) is 20.6 Å². The minimum absolute atomic E-state index is 0.0591. The Kier molecular flexibility index (Phi) is 5.78. The third-order valence-electron chi connectivity index (χ3n) is 3.85. The number of aromatic amines is 1. The van der Waals surface area contributed by atoms with Crippen molar-refractivity contribution >= 4 is 17.0 Å². The number of halogens is 2. The number of hydrogen-bond acceptors (Lipinski definition) is 2. The average Bonchev–Trinajstić information content (AvgIpc) is 3.05. The normalized spacial score (nSPS) is 11.7. The zero-order valence-corrected chi connectivity index (χ0v) is 14.5. The second-order valence-electron chi connectivity index (χ2n) is 5.81. The van der Waals surface area contributed by atoms with Crippen molar-refractivity contribution in [1.29, 1.82) is 0 Å². The molecule has 5 nitrogen and oxygen atoms in total. The molecule has 0 amide bonds. The average molecular weight is 357 g/mol. The van der Waals surface area contributed by atoms with Gasteiger partial charge in [0.15, 0.2) is 5.96 Å². The molecule has 1 heterocycles. The molecule has 0 saturated heterocycles. The Balaban J connectivity index is 1.59. The Morgan fingerprint density at radius 3 is 2.81 bits per heavy atom. The maximum Gasteiger partial charge on any atom is 0.191 e. The maximum atomic E-state index is 13.7. The van der Waals surface area contributed by atoms with Gasteiger partial charge in [-0.15, -0.1) is 0 Å². The Hall–Kier alpha value is -2.96. The number of rotatable bonds is 6. The Bertz CT molecular complexity index is 871. The Morgan fingerprint density at radius 1 is 1.15 bits per heavy atom. The summed E-state index contributed by atoms with van der Waals surface area (Å²) in [5, 5.41) is 6.27. The highest BCUT2D eigenvalue weighted by atomic mass is 19.1. The lowest BCUT2D eigenvalue weighted by Crippen LogP contribution is -2.38. The number of aromatic nitrogens is 2. The molecule has 7 heteroatoms. The first-order valence-electron chi connectivity index (χ1n) is 8.55. The van der Waals surface area contributed by atoms with Crippen molar-refractivity contribution in [3.63, 3.8) is 0 Å². The molecule has 0 spiro atoms. The monoisotopic (exact) mass is 357 g/mol. The van der Waals surface area contributed by atoms with Gasteiger partial charge in [0.05, 0.1) is 17.6 Å². The van der Waals surface area contributed by atoms with E-state index in [-0.39, 0.29) is 12.1 Å². The Morgan fingerprint density at radius 2 is 2.00 bits per heavy atom. The van der Waals surface area contributed by atoms with E-state index in [1.54, 1.807) is 0 Å². The fraction of sp³-hybridized carbons (Fsp3) is 0.263. The minimum atomic E-state index is -0.473. The molecule has 0 atom stereocenters. The maximum absolute atomic E-state index is 13.7. The molecular weight excluding hydrogens is 336 g/mol. The van der Waals surface area contributed by atoms with E-state index in [4.69, 9.17) is 0 Å². The van der Waals surface area contributed by atoms with Crippen LogP contribution >= 0.6 is 0 Å². The quantitative estimate of drug-likeness (QED) is 0.469. The summed E-state index contributed by atoms with van der Waals surface area (Å²) in [6, 6.07) is 11.2. The van der Waals surface area contributed by atoms with E-state index in [0.29, 0.717) is 25.5 Å². The summed E-state index contributed by atoms with van der Waals surface area (Å²) in [5.74, 6) is 0.491. The lowest BCUT2D eigenvalue weighted by atomic mass is 10.2. The van der Waals surface area contributed by atoms with Crippen LogP contribution < -0.4 is 10.6 Å². The third-order valence-corrected chi connectivity index (χ3v) is 3.85. The van der Waals surface area contributed by atoms with E-state index in [1.165, 1.54) is 0 Å². The Labute approximate surface area is 150 Å². The fourth-order valence-electron chi connectivity index (χ4n) is 2.59. The molecule has 2 aromatic carbocycles. The lowest BCUT2D eigenvalue weighted by molar-refractivity contribution is 0.585. The van der Waals surface area contributed by atoms with Crippen LogP contribution in [0.5, 0.6) is 0 Å². The van der Waals surface area contributed by atoms with Crippen LogP contribution in [0.3, 0.4) is 0 Å². The number of hydrogen-bond donors (Lipinski definition) is 3. The smallest absolute Gasteiger partial charge is 0.191 e. The topological polar surface area (TPSA) is 65.1 Å². The van der Waals surface area contributed by atoms with Gasteiger partial charge in [0.2, 0.25) is 0 Å². The zero-order chi connectivity index (χ0) is 18.4. The van der Waals surface area contributed by atoms with Gasteiger partial charge in [0.25, 0.3) is 0 Å². The minimum Gasteiger partial charge on any atom is -0.357 e. The van der Waals surface area contributed by atoms with E-state index in [1.807, 2.05) is 31.2 Å². The van der Waals surface area contributed by atoms with Gasteiger partial charge in [-0.25, -0.2) is 18.8 Å². The highest BCUT2D eigenvalue weighted by molar-refractivity contribution is 5.79. The number of nitrogens with zero attached hydrogens (tertiary/aromatic N) is 2. The third kappa shape index (κ3) is 4.56.